The number of aromatic hydroxyl groups is 1. The molecule has 1 aliphatic rings. The summed E-state index contributed by atoms with van der Waals surface area (Å²) in [6, 6.07) is 6.69. The number of morpholine rings is 1. The number of hydrogen-bond donors (Lipinski definition) is 1. The molecule has 1 aromatic carbocycles. The summed E-state index contributed by atoms with van der Waals surface area (Å²) in [5, 5.41) is 13.3. The second kappa shape index (κ2) is 6.24. The molecule has 6 nitrogen and oxygen atoms in total. The fourth-order valence-electron chi connectivity index (χ4n) is 2.46. The van der Waals surface area contributed by atoms with E-state index in [4.69, 9.17) is 9.26 Å². The van der Waals surface area contributed by atoms with Crippen LogP contribution in [0.4, 0.5) is 0 Å². The van der Waals surface area contributed by atoms with Crippen molar-refractivity contribution in [3.05, 3.63) is 30.1 Å². The smallest absolute Gasteiger partial charge is 0.258 e. The molecule has 0 radical (unpaired) electrons. The topological polar surface area (TPSA) is 71.6 Å². The van der Waals surface area contributed by atoms with E-state index in [2.05, 4.69) is 22.0 Å². The van der Waals surface area contributed by atoms with Crippen LogP contribution in [-0.2, 0) is 4.74 Å². The van der Waals surface area contributed by atoms with Crippen molar-refractivity contribution in [2.45, 2.75) is 19.4 Å². The molecule has 6 heteroatoms. The van der Waals surface area contributed by atoms with Gasteiger partial charge in [0, 0.05) is 18.7 Å². The van der Waals surface area contributed by atoms with Crippen LogP contribution < -0.4 is 0 Å². The van der Waals surface area contributed by atoms with E-state index >= 15 is 0 Å². The molecule has 0 saturated carbocycles. The molecule has 2 aromatic rings. The van der Waals surface area contributed by atoms with Crippen LogP contribution in [0.1, 0.15) is 25.3 Å². The van der Waals surface area contributed by atoms with Crippen LogP contribution in [-0.4, -0.2) is 46.4 Å². The third-order valence-corrected chi connectivity index (χ3v) is 3.53. The summed E-state index contributed by atoms with van der Waals surface area (Å²) in [6.07, 6.45) is 0.984. The molecule has 0 aliphatic carbocycles. The highest BCUT2D eigenvalue weighted by molar-refractivity contribution is 5.54. The van der Waals surface area contributed by atoms with E-state index in [9.17, 15) is 5.11 Å². The van der Waals surface area contributed by atoms with Crippen molar-refractivity contribution in [3.63, 3.8) is 0 Å². The number of phenolic OH excluding ortho intramolecular Hbond substituents is 1. The minimum Gasteiger partial charge on any atom is -0.508 e. The predicted molar refractivity (Wildman–Crippen MR) is 76.8 cm³/mol. The molecule has 0 amide bonds. The number of phenols is 1. The Labute approximate surface area is 123 Å². The molecule has 3 rings (SSSR count). The van der Waals surface area contributed by atoms with Gasteiger partial charge in [0.15, 0.2) is 0 Å². The summed E-state index contributed by atoms with van der Waals surface area (Å²) < 4.78 is 11.0. The van der Waals surface area contributed by atoms with Crippen LogP contribution in [0.25, 0.3) is 11.5 Å². The second-order valence-electron chi connectivity index (χ2n) is 5.16. The van der Waals surface area contributed by atoms with Crippen molar-refractivity contribution in [2.75, 3.05) is 26.2 Å². The average molecular weight is 289 g/mol. The molecule has 1 saturated heterocycles. The molecule has 1 fully saturated rings. The normalized spacial score (nSPS) is 19.8. The first-order chi connectivity index (χ1) is 10.3. The highest BCUT2D eigenvalue weighted by atomic mass is 16.5. The van der Waals surface area contributed by atoms with Crippen LogP contribution in [0, 0.1) is 0 Å². The Kier molecular flexibility index (Phi) is 4.17. The van der Waals surface area contributed by atoms with Gasteiger partial charge in [-0.1, -0.05) is 12.1 Å². The van der Waals surface area contributed by atoms with E-state index in [1.54, 1.807) is 24.3 Å². The van der Waals surface area contributed by atoms with Gasteiger partial charge < -0.3 is 14.4 Å². The van der Waals surface area contributed by atoms with E-state index < -0.39 is 0 Å². The van der Waals surface area contributed by atoms with Crippen LogP contribution in [0.15, 0.2) is 28.8 Å². The number of ether oxygens (including phenoxy) is 1. The third-order valence-electron chi connectivity index (χ3n) is 3.53. The fraction of sp³-hybridized carbons (Fsp3) is 0.467. The zero-order valence-corrected chi connectivity index (χ0v) is 12.0. The van der Waals surface area contributed by atoms with Gasteiger partial charge >= 0.3 is 0 Å². The Bertz CT molecular complexity index is 580. The van der Waals surface area contributed by atoms with Gasteiger partial charge in [0.1, 0.15) is 11.9 Å². The zero-order valence-electron chi connectivity index (χ0n) is 12.0. The van der Waals surface area contributed by atoms with E-state index in [-0.39, 0.29) is 11.9 Å². The minimum atomic E-state index is -0.139. The fourth-order valence-corrected chi connectivity index (χ4v) is 2.46. The maximum atomic E-state index is 9.30. The molecule has 0 spiro atoms. The van der Waals surface area contributed by atoms with Gasteiger partial charge in [-0.3, -0.25) is 4.90 Å². The van der Waals surface area contributed by atoms with Gasteiger partial charge in [0.05, 0.1) is 6.61 Å². The average Bonchev–Trinajstić information content (AvgIpc) is 2.98. The predicted octanol–water partition coefficient (Wildman–Crippen LogP) is 2.23. The molecule has 1 atom stereocenters. The monoisotopic (exact) mass is 289 g/mol. The standard InChI is InChI=1S/C15H19N3O3/c1-2-7-18-8-9-20-13(10-18)14-16-15(21-17-14)11-3-5-12(19)6-4-11/h3-6,13,19H,2,7-10H2,1H3. The maximum absolute atomic E-state index is 9.30. The molecule has 0 bridgehead atoms. The number of nitrogens with zero attached hydrogens (tertiary/aromatic N) is 3. The van der Waals surface area contributed by atoms with Crippen LogP contribution in [0.5, 0.6) is 5.75 Å². The number of benzene rings is 1. The van der Waals surface area contributed by atoms with Crippen molar-refractivity contribution in [3.8, 4) is 17.2 Å². The molecule has 1 unspecified atom stereocenters. The van der Waals surface area contributed by atoms with Crippen molar-refractivity contribution in [1.29, 1.82) is 0 Å². The summed E-state index contributed by atoms with van der Waals surface area (Å²) in [5.74, 6) is 1.24. The van der Waals surface area contributed by atoms with E-state index in [1.165, 1.54) is 0 Å². The molecule has 1 aromatic heterocycles. The molecule has 2 heterocycles. The van der Waals surface area contributed by atoms with Gasteiger partial charge in [-0.25, -0.2) is 0 Å². The summed E-state index contributed by atoms with van der Waals surface area (Å²) in [4.78, 5) is 6.77. The highest BCUT2D eigenvalue weighted by Crippen LogP contribution is 2.24. The minimum absolute atomic E-state index is 0.139. The van der Waals surface area contributed by atoms with E-state index in [0.29, 0.717) is 18.3 Å². The Hall–Kier alpha value is -1.92. The summed E-state index contributed by atoms with van der Waals surface area (Å²) in [5.41, 5.74) is 0.785. The lowest BCUT2D eigenvalue weighted by molar-refractivity contribution is -0.0350. The van der Waals surface area contributed by atoms with Gasteiger partial charge in [-0.05, 0) is 37.2 Å². The lowest BCUT2D eigenvalue weighted by atomic mass is 10.2. The maximum Gasteiger partial charge on any atom is 0.258 e. The van der Waals surface area contributed by atoms with Gasteiger partial charge in [0.25, 0.3) is 5.89 Å². The van der Waals surface area contributed by atoms with Crippen molar-refractivity contribution >= 4 is 0 Å². The molecule has 112 valence electrons. The molecular formula is C15H19N3O3. The van der Waals surface area contributed by atoms with Gasteiger partial charge in [-0.2, -0.15) is 4.98 Å². The Morgan fingerprint density at radius 1 is 1.33 bits per heavy atom. The van der Waals surface area contributed by atoms with Crippen molar-refractivity contribution in [1.82, 2.24) is 15.0 Å². The first-order valence-electron chi connectivity index (χ1n) is 7.23. The van der Waals surface area contributed by atoms with E-state index in [1.807, 2.05) is 0 Å². The van der Waals surface area contributed by atoms with Crippen LogP contribution in [0.3, 0.4) is 0 Å². The first kappa shape index (κ1) is 14.0. The second-order valence-corrected chi connectivity index (χ2v) is 5.16. The Morgan fingerprint density at radius 3 is 2.90 bits per heavy atom. The molecular weight excluding hydrogens is 270 g/mol. The van der Waals surface area contributed by atoms with Gasteiger partial charge in [-0.15, -0.1) is 0 Å². The lowest BCUT2D eigenvalue weighted by Gasteiger charge is -2.30. The Balaban J connectivity index is 1.73. The molecule has 1 N–H and O–H groups in total. The largest absolute Gasteiger partial charge is 0.508 e. The number of aromatic nitrogens is 2. The van der Waals surface area contributed by atoms with Crippen molar-refractivity contribution in [2.24, 2.45) is 0 Å². The summed E-state index contributed by atoms with van der Waals surface area (Å²) >= 11 is 0. The van der Waals surface area contributed by atoms with Crippen LogP contribution in [0.2, 0.25) is 0 Å². The first-order valence-corrected chi connectivity index (χ1v) is 7.23. The number of rotatable bonds is 4. The third kappa shape index (κ3) is 3.22. The highest BCUT2D eigenvalue weighted by Gasteiger charge is 2.26. The van der Waals surface area contributed by atoms with Crippen LogP contribution >= 0.6 is 0 Å². The summed E-state index contributed by atoms with van der Waals surface area (Å²) in [7, 11) is 0. The lowest BCUT2D eigenvalue weighted by Crippen LogP contribution is -2.39. The zero-order chi connectivity index (χ0) is 14.7. The SMILES string of the molecule is CCCN1CCOC(c2noc(-c3ccc(O)cc3)n2)C1. The Morgan fingerprint density at radius 2 is 2.14 bits per heavy atom. The summed E-state index contributed by atoms with van der Waals surface area (Å²) in [6.45, 7) is 5.66. The van der Waals surface area contributed by atoms with Crippen molar-refractivity contribution < 1.29 is 14.4 Å². The quantitative estimate of drug-likeness (QED) is 0.930. The van der Waals surface area contributed by atoms with Gasteiger partial charge in [0.2, 0.25) is 5.82 Å². The molecule has 1 aliphatic heterocycles. The number of hydrogen-bond acceptors (Lipinski definition) is 6. The van der Waals surface area contributed by atoms with E-state index in [0.717, 1.165) is 31.6 Å². The molecule has 21 heavy (non-hydrogen) atoms.